The van der Waals surface area contributed by atoms with Crippen LogP contribution in [0.2, 0.25) is 0 Å². The van der Waals surface area contributed by atoms with Crippen LogP contribution >= 0.6 is 27.5 Å². The van der Waals surface area contributed by atoms with Crippen LogP contribution in [0.25, 0.3) is 0 Å². The molecule has 0 heterocycles. The van der Waals surface area contributed by atoms with Crippen LogP contribution in [0.4, 0.5) is 0 Å². The molecule has 0 spiro atoms. The van der Waals surface area contributed by atoms with Crippen molar-refractivity contribution in [2.45, 2.75) is 11.9 Å². The van der Waals surface area contributed by atoms with Crippen molar-refractivity contribution >= 4 is 27.5 Å². The van der Waals surface area contributed by atoms with Crippen molar-refractivity contribution in [2.75, 3.05) is 19.0 Å². The van der Waals surface area contributed by atoms with Crippen molar-refractivity contribution in [3.05, 3.63) is 35.9 Å². The molecule has 14 heavy (non-hydrogen) atoms. The van der Waals surface area contributed by atoms with Gasteiger partial charge in [-0.2, -0.15) is 0 Å². The molecule has 0 amide bonds. The van der Waals surface area contributed by atoms with Crippen LogP contribution in [0.15, 0.2) is 30.3 Å². The Morgan fingerprint density at radius 2 is 2.00 bits per heavy atom. The first-order chi connectivity index (χ1) is 6.79. The second kappa shape index (κ2) is 6.44. The Bertz CT molecular complexity index is 253. The number of hydrogen-bond acceptors (Lipinski definition) is 1. The lowest BCUT2D eigenvalue weighted by atomic mass is 10.2. The van der Waals surface area contributed by atoms with Crippen LogP contribution in [0.1, 0.15) is 17.4 Å². The molecule has 1 aromatic rings. The van der Waals surface area contributed by atoms with Gasteiger partial charge in [0.25, 0.3) is 0 Å². The van der Waals surface area contributed by atoms with Gasteiger partial charge in [0.15, 0.2) is 0 Å². The first-order valence-corrected chi connectivity index (χ1v) is 6.23. The van der Waals surface area contributed by atoms with Crippen LogP contribution in [0.5, 0.6) is 0 Å². The van der Waals surface area contributed by atoms with Crippen molar-refractivity contribution in [1.82, 2.24) is 4.90 Å². The van der Waals surface area contributed by atoms with Gasteiger partial charge in [0.05, 0.1) is 4.95 Å². The molecule has 1 aromatic carbocycles. The summed E-state index contributed by atoms with van der Waals surface area (Å²) >= 11 is 9.42. The standard InChI is InChI=1S/C11H15BrClN/c1-2-14(9-8-13)11(12)10-6-4-3-5-7-10/h3-7,11H,2,8-9H2,1H3. The van der Waals surface area contributed by atoms with Gasteiger partial charge in [0, 0.05) is 12.4 Å². The fourth-order valence-corrected chi connectivity index (χ4v) is 2.38. The number of benzene rings is 1. The molecule has 0 aliphatic heterocycles. The Kier molecular flexibility index (Phi) is 5.53. The molecule has 0 bridgehead atoms. The highest BCUT2D eigenvalue weighted by atomic mass is 79.9. The second-order valence-electron chi connectivity index (χ2n) is 3.06. The van der Waals surface area contributed by atoms with Gasteiger partial charge >= 0.3 is 0 Å². The Labute approximate surface area is 99.2 Å². The van der Waals surface area contributed by atoms with Crippen molar-refractivity contribution in [3.8, 4) is 0 Å². The molecular formula is C11H15BrClN. The van der Waals surface area contributed by atoms with E-state index in [0.29, 0.717) is 5.88 Å². The third-order valence-electron chi connectivity index (χ3n) is 2.17. The SMILES string of the molecule is CCN(CCCl)C(Br)c1ccccc1. The zero-order chi connectivity index (χ0) is 10.4. The van der Waals surface area contributed by atoms with Crippen LogP contribution in [-0.4, -0.2) is 23.9 Å². The van der Waals surface area contributed by atoms with Gasteiger partial charge in [-0.15, -0.1) is 11.6 Å². The summed E-state index contributed by atoms with van der Waals surface area (Å²) < 4.78 is 0. The molecule has 0 radical (unpaired) electrons. The third-order valence-corrected chi connectivity index (χ3v) is 3.45. The van der Waals surface area contributed by atoms with E-state index in [2.05, 4.69) is 52.0 Å². The van der Waals surface area contributed by atoms with E-state index in [-0.39, 0.29) is 4.95 Å². The van der Waals surface area contributed by atoms with Gasteiger partial charge in [0.2, 0.25) is 0 Å². The molecule has 0 saturated heterocycles. The molecule has 0 saturated carbocycles. The van der Waals surface area contributed by atoms with Gasteiger partial charge in [-0.3, -0.25) is 4.90 Å². The van der Waals surface area contributed by atoms with E-state index < -0.39 is 0 Å². The first-order valence-electron chi connectivity index (χ1n) is 4.78. The average molecular weight is 277 g/mol. The lowest BCUT2D eigenvalue weighted by Crippen LogP contribution is -2.27. The lowest BCUT2D eigenvalue weighted by Gasteiger charge is -2.25. The van der Waals surface area contributed by atoms with Crippen LogP contribution in [0.3, 0.4) is 0 Å². The summed E-state index contributed by atoms with van der Waals surface area (Å²) in [5.41, 5.74) is 1.28. The highest BCUT2D eigenvalue weighted by Crippen LogP contribution is 2.26. The normalized spacial score (nSPS) is 13.1. The minimum absolute atomic E-state index is 0.271. The van der Waals surface area contributed by atoms with E-state index >= 15 is 0 Å². The van der Waals surface area contributed by atoms with Crippen molar-refractivity contribution < 1.29 is 0 Å². The topological polar surface area (TPSA) is 3.24 Å². The predicted molar refractivity (Wildman–Crippen MR) is 66.1 cm³/mol. The Morgan fingerprint density at radius 3 is 2.50 bits per heavy atom. The summed E-state index contributed by atoms with van der Waals surface area (Å²) in [4.78, 5) is 2.56. The van der Waals surface area contributed by atoms with Gasteiger partial charge in [-0.05, 0) is 12.1 Å². The maximum absolute atomic E-state index is 5.74. The van der Waals surface area contributed by atoms with E-state index in [1.54, 1.807) is 0 Å². The number of rotatable bonds is 5. The highest BCUT2D eigenvalue weighted by Gasteiger charge is 2.14. The Morgan fingerprint density at radius 1 is 1.36 bits per heavy atom. The molecule has 3 heteroatoms. The summed E-state index contributed by atoms with van der Waals surface area (Å²) in [6.07, 6.45) is 0. The number of hydrogen-bond donors (Lipinski definition) is 0. The fraction of sp³-hybridized carbons (Fsp3) is 0.455. The molecule has 78 valence electrons. The van der Waals surface area contributed by atoms with Crippen molar-refractivity contribution in [2.24, 2.45) is 0 Å². The molecule has 1 nitrogen and oxygen atoms in total. The lowest BCUT2D eigenvalue weighted by molar-refractivity contribution is 0.294. The quantitative estimate of drug-likeness (QED) is 0.586. The summed E-state index contributed by atoms with van der Waals surface area (Å²) in [6, 6.07) is 10.4. The highest BCUT2D eigenvalue weighted by molar-refractivity contribution is 9.09. The summed E-state index contributed by atoms with van der Waals surface area (Å²) in [5.74, 6) is 0.669. The number of nitrogens with zero attached hydrogens (tertiary/aromatic N) is 1. The Hall–Kier alpha value is -0.0500. The zero-order valence-corrected chi connectivity index (χ0v) is 10.6. The van der Waals surface area contributed by atoms with Crippen molar-refractivity contribution in [1.29, 1.82) is 0 Å². The van der Waals surface area contributed by atoms with Gasteiger partial charge in [-0.1, -0.05) is 53.2 Å². The smallest absolute Gasteiger partial charge is 0.0911 e. The second-order valence-corrected chi connectivity index (χ2v) is 4.31. The number of alkyl halides is 2. The molecule has 0 aliphatic carbocycles. The largest absolute Gasteiger partial charge is 0.286 e. The summed E-state index contributed by atoms with van der Waals surface area (Å²) in [6.45, 7) is 4.05. The molecule has 0 aliphatic rings. The van der Waals surface area contributed by atoms with Crippen LogP contribution < -0.4 is 0 Å². The summed E-state index contributed by atoms with van der Waals surface area (Å²) in [7, 11) is 0. The third kappa shape index (κ3) is 3.26. The first kappa shape index (κ1) is 12.0. The van der Waals surface area contributed by atoms with Gasteiger partial charge in [0.1, 0.15) is 0 Å². The van der Waals surface area contributed by atoms with Gasteiger partial charge in [-0.25, -0.2) is 0 Å². The fourth-order valence-electron chi connectivity index (χ4n) is 1.36. The Balaban J connectivity index is 2.67. The molecule has 0 N–H and O–H groups in total. The predicted octanol–water partition coefficient (Wildman–Crippen LogP) is 3.64. The number of halogens is 2. The minimum Gasteiger partial charge on any atom is -0.286 e. The summed E-state index contributed by atoms with van der Waals surface area (Å²) in [5, 5.41) is 0. The van der Waals surface area contributed by atoms with E-state index in [4.69, 9.17) is 11.6 Å². The van der Waals surface area contributed by atoms with Crippen molar-refractivity contribution in [3.63, 3.8) is 0 Å². The van der Waals surface area contributed by atoms with Crippen LogP contribution in [-0.2, 0) is 0 Å². The molecule has 0 fully saturated rings. The molecular weight excluding hydrogens is 261 g/mol. The average Bonchev–Trinajstić information content (AvgIpc) is 2.26. The molecule has 0 aromatic heterocycles. The minimum atomic E-state index is 0.271. The van der Waals surface area contributed by atoms with E-state index in [1.165, 1.54) is 5.56 Å². The monoisotopic (exact) mass is 275 g/mol. The maximum atomic E-state index is 5.74. The van der Waals surface area contributed by atoms with E-state index in [0.717, 1.165) is 13.1 Å². The maximum Gasteiger partial charge on any atom is 0.0911 e. The molecule has 1 rings (SSSR count). The van der Waals surface area contributed by atoms with E-state index in [1.807, 2.05) is 6.07 Å². The van der Waals surface area contributed by atoms with E-state index in [9.17, 15) is 0 Å². The van der Waals surface area contributed by atoms with Gasteiger partial charge < -0.3 is 0 Å². The molecule has 1 unspecified atom stereocenters. The zero-order valence-electron chi connectivity index (χ0n) is 8.29. The van der Waals surface area contributed by atoms with Crippen LogP contribution in [0, 0.1) is 0 Å². The molecule has 1 atom stereocenters.